The summed E-state index contributed by atoms with van der Waals surface area (Å²) in [7, 11) is 0. The Bertz CT molecular complexity index is 807. The largest absolute Gasteiger partial charge is 0.465 e. The zero-order valence-corrected chi connectivity index (χ0v) is 13.2. The second kappa shape index (κ2) is 5.43. The van der Waals surface area contributed by atoms with Crippen LogP contribution in [0.3, 0.4) is 0 Å². The number of carbonyl (C=O) groups is 2. The number of carboxylic acid groups (broad SMARTS) is 1. The van der Waals surface area contributed by atoms with Crippen molar-refractivity contribution in [1.82, 2.24) is 15.1 Å². The molecule has 1 amide bonds. The predicted octanol–water partition coefficient (Wildman–Crippen LogP) is 2.02. The third kappa shape index (κ3) is 2.36. The Labute approximate surface area is 138 Å². The standard InChI is InChI=1S/C17H18N4O3/c22-9-12-1-2-13-8-18-19-15(14(13)7-12)21-10-17(11-21)3-5-20(6-4-17)16(23)24/h1-2,7-9H,3-6,10-11H2,(H,23,24). The Balaban J connectivity index is 1.54. The monoisotopic (exact) mass is 326 g/mol. The van der Waals surface area contributed by atoms with Crippen LogP contribution < -0.4 is 4.90 Å². The van der Waals surface area contributed by atoms with Gasteiger partial charge in [0.25, 0.3) is 0 Å². The van der Waals surface area contributed by atoms with E-state index in [0.29, 0.717) is 18.7 Å². The van der Waals surface area contributed by atoms with E-state index >= 15 is 0 Å². The predicted molar refractivity (Wildman–Crippen MR) is 88.4 cm³/mol. The van der Waals surface area contributed by atoms with E-state index in [-0.39, 0.29) is 5.41 Å². The van der Waals surface area contributed by atoms with Crippen LogP contribution in [0.2, 0.25) is 0 Å². The van der Waals surface area contributed by atoms with Gasteiger partial charge in [0.1, 0.15) is 6.29 Å². The third-order valence-corrected chi connectivity index (χ3v) is 5.25. The van der Waals surface area contributed by atoms with Gasteiger partial charge in [0, 0.05) is 47.9 Å². The summed E-state index contributed by atoms with van der Waals surface area (Å²) in [6, 6.07) is 5.52. The van der Waals surface area contributed by atoms with Crippen molar-refractivity contribution < 1.29 is 14.7 Å². The maximum Gasteiger partial charge on any atom is 0.407 e. The zero-order chi connectivity index (χ0) is 16.7. The van der Waals surface area contributed by atoms with Gasteiger partial charge < -0.3 is 14.9 Å². The van der Waals surface area contributed by atoms with E-state index in [2.05, 4.69) is 15.1 Å². The number of benzene rings is 1. The Morgan fingerprint density at radius 1 is 1.25 bits per heavy atom. The summed E-state index contributed by atoms with van der Waals surface area (Å²) < 4.78 is 0. The lowest BCUT2D eigenvalue weighted by Gasteiger charge is -2.54. The molecule has 1 aromatic carbocycles. The van der Waals surface area contributed by atoms with Gasteiger partial charge in [-0.05, 0) is 18.9 Å². The highest BCUT2D eigenvalue weighted by Crippen LogP contribution is 2.43. The molecule has 0 bridgehead atoms. The van der Waals surface area contributed by atoms with Gasteiger partial charge in [0.2, 0.25) is 0 Å². The number of rotatable bonds is 2. The topological polar surface area (TPSA) is 86.6 Å². The van der Waals surface area contributed by atoms with E-state index in [1.54, 1.807) is 12.3 Å². The van der Waals surface area contributed by atoms with Gasteiger partial charge >= 0.3 is 6.09 Å². The molecule has 1 aromatic heterocycles. The van der Waals surface area contributed by atoms with Crippen molar-refractivity contribution in [3.63, 3.8) is 0 Å². The van der Waals surface area contributed by atoms with E-state index in [9.17, 15) is 9.59 Å². The first-order chi connectivity index (χ1) is 11.6. The Morgan fingerprint density at radius 2 is 2.00 bits per heavy atom. The van der Waals surface area contributed by atoms with Crippen LogP contribution in [0.1, 0.15) is 23.2 Å². The molecule has 3 heterocycles. The molecular weight excluding hydrogens is 308 g/mol. The maximum absolute atomic E-state index is 11.0. The minimum absolute atomic E-state index is 0.179. The van der Waals surface area contributed by atoms with Gasteiger partial charge in [0.15, 0.2) is 5.82 Å². The van der Waals surface area contributed by atoms with Crippen LogP contribution in [-0.2, 0) is 0 Å². The molecule has 2 fully saturated rings. The van der Waals surface area contributed by atoms with Crippen molar-refractivity contribution in [2.24, 2.45) is 5.41 Å². The molecular formula is C17H18N4O3. The molecule has 7 heteroatoms. The molecule has 1 N–H and O–H groups in total. The molecule has 0 radical (unpaired) electrons. The average molecular weight is 326 g/mol. The van der Waals surface area contributed by atoms with Crippen molar-refractivity contribution in [3.8, 4) is 0 Å². The summed E-state index contributed by atoms with van der Waals surface area (Å²) in [4.78, 5) is 25.7. The van der Waals surface area contributed by atoms with Crippen LogP contribution >= 0.6 is 0 Å². The van der Waals surface area contributed by atoms with Gasteiger partial charge in [-0.25, -0.2) is 4.79 Å². The molecule has 4 rings (SSSR count). The number of amides is 1. The smallest absolute Gasteiger partial charge is 0.407 e. The van der Waals surface area contributed by atoms with Crippen molar-refractivity contribution in [3.05, 3.63) is 30.0 Å². The van der Waals surface area contributed by atoms with Gasteiger partial charge in [-0.3, -0.25) is 4.79 Å². The maximum atomic E-state index is 11.0. The molecule has 2 saturated heterocycles. The van der Waals surface area contributed by atoms with Crippen LogP contribution in [-0.4, -0.2) is 58.8 Å². The quantitative estimate of drug-likeness (QED) is 0.850. The number of nitrogens with zero attached hydrogens (tertiary/aromatic N) is 4. The Kier molecular flexibility index (Phi) is 3.37. The summed E-state index contributed by atoms with van der Waals surface area (Å²) in [5.74, 6) is 0.808. The Morgan fingerprint density at radius 3 is 2.67 bits per heavy atom. The molecule has 24 heavy (non-hydrogen) atoms. The molecule has 0 aliphatic carbocycles. The highest BCUT2D eigenvalue weighted by molar-refractivity contribution is 5.95. The van der Waals surface area contributed by atoms with Gasteiger partial charge in [-0.15, -0.1) is 5.10 Å². The fourth-order valence-electron chi connectivity index (χ4n) is 3.79. The van der Waals surface area contributed by atoms with Crippen molar-refractivity contribution in [2.45, 2.75) is 12.8 Å². The number of anilines is 1. The fraction of sp³-hybridized carbons (Fsp3) is 0.412. The normalized spacial score (nSPS) is 19.3. The van der Waals surface area contributed by atoms with Crippen LogP contribution in [0.25, 0.3) is 10.8 Å². The lowest BCUT2D eigenvalue weighted by molar-refractivity contribution is 0.0707. The summed E-state index contributed by atoms with van der Waals surface area (Å²) in [5.41, 5.74) is 0.805. The van der Waals surface area contributed by atoms with E-state index in [1.807, 2.05) is 12.1 Å². The molecule has 0 saturated carbocycles. The number of fused-ring (bicyclic) bond motifs is 1. The summed E-state index contributed by atoms with van der Waals surface area (Å²) in [6.07, 6.45) is 3.47. The molecule has 124 valence electrons. The van der Waals surface area contributed by atoms with Crippen molar-refractivity contribution >= 4 is 29.0 Å². The third-order valence-electron chi connectivity index (χ3n) is 5.25. The first-order valence-corrected chi connectivity index (χ1v) is 8.04. The van der Waals surface area contributed by atoms with Crippen molar-refractivity contribution in [1.29, 1.82) is 0 Å². The number of piperidine rings is 1. The summed E-state index contributed by atoms with van der Waals surface area (Å²) in [5, 5.41) is 19.3. The highest BCUT2D eigenvalue weighted by atomic mass is 16.4. The molecule has 2 aromatic rings. The van der Waals surface area contributed by atoms with E-state index < -0.39 is 6.09 Å². The second-order valence-electron chi connectivity index (χ2n) is 6.76. The second-order valence-corrected chi connectivity index (χ2v) is 6.76. The van der Waals surface area contributed by atoms with E-state index in [0.717, 1.165) is 48.8 Å². The number of carbonyl (C=O) groups excluding carboxylic acids is 1. The molecule has 2 aliphatic heterocycles. The number of aromatic nitrogens is 2. The summed E-state index contributed by atoms with van der Waals surface area (Å²) >= 11 is 0. The number of likely N-dealkylation sites (tertiary alicyclic amines) is 1. The minimum Gasteiger partial charge on any atom is -0.465 e. The van der Waals surface area contributed by atoms with Crippen molar-refractivity contribution in [2.75, 3.05) is 31.1 Å². The van der Waals surface area contributed by atoms with Crippen LogP contribution in [0, 0.1) is 5.41 Å². The van der Waals surface area contributed by atoms with Gasteiger partial charge in [-0.2, -0.15) is 5.10 Å². The molecule has 2 aliphatic rings. The van der Waals surface area contributed by atoms with Gasteiger partial charge in [0.05, 0.1) is 6.20 Å². The lowest BCUT2D eigenvalue weighted by atomic mass is 9.72. The minimum atomic E-state index is -0.831. The number of hydrogen-bond donors (Lipinski definition) is 1. The SMILES string of the molecule is O=Cc1ccc2cnnc(N3CC4(CCN(C(=O)O)CC4)C3)c2c1. The highest BCUT2D eigenvalue weighted by Gasteiger charge is 2.46. The van der Waals surface area contributed by atoms with E-state index in [4.69, 9.17) is 5.11 Å². The molecule has 7 nitrogen and oxygen atoms in total. The lowest BCUT2D eigenvalue weighted by Crippen LogP contribution is -2.61. The molecule has 0 atom stereocenters. The molecule has 1 spiro atoms. The average Bonchev–Trinajstić information content (AvgIpc) is 2.58. The van der Waals surface area contributed by atoms with Gasteiger partial charge in [-0.1, -0.05) is 12.1 Å². The summed E-state index contributed by atoms with van der Waals surface area (Å²) in [6.45, 7) is 2.92. The first kappa shape index (κ1) is 14.9. The van der Waals surface area contributed by atoms with Crippen LogP contribution in [0.4, 0.5) is 10.6 Å². The molecule has 0 unspecified atom stereocenters. The van der Waals surface area contributed by atoms with E-state index in [1.165, 1.54) is 4.90 Å². The van der Waals surface area contributed by atoms with Crippen LogP contribution in [0.15, 0.2) is 24.4 Å². The van der Waals surface area contributed by atoms with Crippen LogP contribution in [0.5, 0.6) is 0 Å². The zero-order valence-electron chi connectivity index (χ0n) is 13.2. The first-order valence-electron chi connectivity index (χ1n) is 8.04. The Hall–Kier alpha value is -2.70. The number of aldehydes is 1. The number of hydrogen-bond acceptors (Lipinski definition) is 5. The fourth-order valence-corrected chi connectivity index (χ4v) is 3.79.